The van der Waals surface area contributed by atoms with Crippen LogP contribution in [0.1, 0.15) is 24.5 Å². The zero-order valence-electron chi connectivity index (χ0n) is 14.3. The normalized spacial score (nSPS) is 14.8. The fraction of sp³-hybridized carbons (Fsp3) is 0.222. The van der Waals surface area contributed by atoms with E-state index < -0.39 is 15.5 Å². The molecule has 0 unspecified atom stereocenters. The minimum atomic E-state index is -5.44. The second-order valence-electron chi connectivity index (χ2n) is 6.41. The van der Waals surface area contributed by atoms with E-state index >= 15 is 0 Å². The highest BCUT2D eigenvalue weighted by molar-refractivity contribution is 7.93. The number of halogens is 3. The van der Waals surface area contributed by atoms with E-state index in [2.05, 4.69) is 9.97 Å². The number of thiazole rings is 1. The number of nitrogens with zero attached hydrogens (tertiary/aromatic N) is 2. The lowest BCUT2D eigenvalue weighted by Gasteiger charge is -2.10. The molecule has 3 aromatic rings. The molecule has 2 heterocycles. The minimum Gasteiger partial charge on any atom is -0.276 e. The van der Waals surface area contributed by atoms with Crippen LogP contribution in [0.5, 0.6) is 0 Å². The molecule has 10 heteroatoms. The monoisotopic (exact) mass is 425 g/mol. The zero-order valence-corrected chi connectivity index (χ0v) is 15.9. The molecule has 0 radical (unpaired) electrons. The summed E-state index contributed by atoms with van der Waals surface area (Å²) in [7, 11) is -5.44. The molecule has 1 N–H and O–H groups in total. The minimum absolute atomic E-state index is 0.167. The number of hydrogen-bond acceptors (Lipinski definition) is 5. The molecule has 146 valence electrons. The fourth-order valence-electron chi connectivity index (χ4n) is 2.64. The van der Waals surface area contributed by atoms with Crippen LogP contribution in [-0.2, 0) is 10.0 Å². The summed E-state index contributed by atoms with van der Waals surface area (Å²) in [6, 6.07) is 9.52. The predicted molar refractivity (Wildman–Crippen MR) is 101 cm³/mol. The molecule has 1 aromatic carbocycles. The van der Waals surface area contributed by atoms with Crippen molar-refractivity contribution >= 4 is 27.0 Å². The van der Waals surface area contributed by atoms with Gasteiger partial charge in [-0.2, -0.15) is 21.6 Å². The Bertz CT molecular complexity index is 1110. The van der Waals surface area contributed by atoms with Gasteiger partial charge in [0.25, 0.3) is 0 Å². The number of rotatable bonds is 5. The van der Waals surface area contributed by atoms with Gasteiger partial charge in [-0.05, 0) is 37.1 Å². The predicted octanol–water partition coefficient (Wildman–Crippen LogP) is 5.01. The highest BCUT2D eigenvalue weighted by Crippen LogP contribution is 2.40. The molecule has 4 rings (SSSR count). The van der Waals surface area contributed by atoms with E-state index in [9.17, 15) is 21.6 Å². The molecule has 5 nitrogen and oxygen atoms in total. The first-order chi connectivity index (χ1) is 13.2. The van der Waals surface area contributed by atoms with Crippen molar-refractivity contribution in [2.24, 2.45) is 0 Å². The van der Waals surface area contributed by atoms with E-state index in [1.165, 1.54) is 40.3 Å². The van der Waals surface area contributed by atoms with E-state index in [0.29, 0.717) is 17.2 Å². The molecule has 0 spiro atoms. The topological polar surface area (TPSA) is 72.0 Å². The van der Waals surface area contributed by atoms with Crippen molar-refractivity contribution in [3.8, 4) is 21.8 Å². The van der Waals surface area contributed by atoms with Crippen molar-refractivity contribution in [1.29, 1.82) is 0 Å². The lowest BCUT2D eigenvalue weighted by atomic mass is 10.1. The largest absolute Gasteiger partial charge is 0.516 e. The number of hydrogen-bond donors (Lipinski definition) is 1. The van der Waals surface area contributed by atoms with Crippen molar-refractivity contribution in [3.05, 3.63) is 53.7 Å². The van der Waals surface area contributed by atoms with Gasteiger partial charge in [0, 0.05) is 40.0 Å². The van der Waals surface area contributed by atoms with Gasteiger partial charge in [0.05, 0.1) is 5.69 Å². The van der Waals surface area contributed by atoms with Gasteiger partial charge in [0.1, 0.15) is 5.01 Å². The third kappa shape index (κ3) is 3.88. The number of alkyl halides is 3. The third-order valence-corrected chi connectivity index (χ3v) is 6.27. The molecular formula is C18H14F3N3O2S2. The highest BCUT2D eigenvalue weighted by atomic mass is 32.2. The summed E-state index contributed by atoms with van der Waals surface area (Å²) >= 11 is 1.46. The summed E-state index contributed by atoms with van der Waals surface area (Å²) in [4.78, 5) is 8.98. The Balaban J connectivity index is 1.54. The first kappa shape index (κ1) is 18.9. The molecule has 28 heavy (non-hydrogen) atoms. The van der Waals surface area contributed by atoms with Gasteiger partial charge in [0.15, 0.2) is 0 Å². The molecule has 0 aliphatic heterocycles. The molecule has 1 aliphatic carbocycles. The Kier molecular flexibility index (Phi) is 4.62. The standard InChI is InChI=1S/C18H14F3N3O2S2/c19-18(20,21)28(25,26)24-14-5-3-12(4-6-14)16-10-27-17(23-16)13-7-8-22-15(9-13)11-1-2-11/h3-11,24H,1-2H2. The van der Waals surface area contributed by atoms with Crippen LogP contribution in [0.4, 0.5) is 18.9 Å². The van der Waals surface area contributed by atoms with Crippen LogP contribution in [0, 0.1) is 0 Å². The van der Waals surface area contributed by atoms with Crippen molar-refractivity contribution in [3.63, 3.8) is 0 Å². The number of anilines is 1. The van der Waals surface area contributed by atoms with Gasteiger partial charge in [-0.3, -0.25) is 9.71 Å². The van der Waals surface area contributed by atoms with Crippen molar-refractivity contribution in [2.45, 2.75) is 24.3 Å². The maximum atomic E-state index is 12.4. The maximum absolute atomic E-state index is 12.4. The fourth-order valence-corrected chi connectivity index (χ4v) is 4.03. The SMILES string of the molecule is O=S(=O)(Nc1ccc(-c2csc(-c3ccnc(C4CC4)c3)n2)cc1)C(F)(F)F. The Hall–Kier alpha value is -2.46. The average molecular weight is 425 g/mol. The van der Waals surface area contributed by atoms with Gasteiger partial charge >= 0.3 is 15.5 Å². The van der Waals surface area contributed by atoms with Gasteiger partial charge < -0.3 is 0 Å². The molecule has 0 amide bonds. The maximum Gasteiger partial charge on any atom is 0.516 e. The lowest BCUT2D eigenvalue weighted by Crippen LogP contribution is -2.29. The molecular weight excluding hydrogens is 411 g/mol. The Morgan fingerprint density at radius 3 is 2.43 bits per heavy atom. The van der Waals surface area contributed by atoms with Crippen LogP contribution in [0.15, 0.2) is 48.0 Å². The summed E-state index contributed by atoms with van der Waals surface area (Å²) in [5, 5.41) is 2.67. The smallest absolute Gasteiger partial charge is 0.276 e. The van der Waals surface area contributed by atoms with Crippen LogP contribution < -0.4 is 4.72 Å². The number of aromatic nitrogens is 2. The second kappa shape index (κ2) is 6.85. The number of sulfonamides is 1. The molecule has 1 aliphatic rings. The molecule has 1 fully saturated rings. The van der Waals surface area contributed by atoms with Gasteiger partial charge in [0.2, 0.25) is 0 Å². The molecule has 0 atom stereocenters. The van der Waals surface area contributed by atoms with Gasteiger partial charge in [-0.15, -0.1) is 11.3 Å². The summed E-state index contributed by atoms with van der Waals surface area (Å²) < 4.78 is 61.2. The number of pyridine rings is 1. The van der Waals surface area contributed by atoms with E-state index in [4.69, 9.17) is 0 Å². The molecule has 2 aromatic heterocycles. The quantitative estimate of drug-likeness (QED) is 0.624. The molecule has 0 saturated heterocycles. The van der Waals surface area contributed by atoms with Crippen LogP contribution in [0.25, 0.3) is 21.8 Å². The van der Waals surface area contributed by atoms with E-state index in [1.807, 2.05) is 17.5 Å². The molecule has 1 saturated carbocycles. The zero-order chi connectivity index (χ0) is 19.9. The second-order valence-corrected chi connectivity index (χ2v) is 8.94. The van der Waals surface area contributed by atoms with Gasteiger partial charge in [-0.25, -0.2) is 4.98 Å². The van der Waals surface area contributed by atoms with Crippen molar-refractivity contribution < 1.29 is 21.6 Å². The highest BCUT2D eigenvalue weighted by Gasteiger charge is 2.46. The Morgan fingerprint density at radius 1 is 1.07 bits per heavy atom. The average Bonchev–Trinajstić information content (AvgIpc) is 3.38. The van der Waals surface area contributed by atoms with Crippen molar-refractivity contribution in [1.82, 2.24) is 9.97 Å². The van der Waals surface area contributed by atoms with E-state index in [-0.39, 0.29) is 5.69 Å². The number of benzene rings is 1. The molecule has 0 bridgehead atoms. The number of nitrogens with one attached hydrogen (secondary N) is 1. The Morgan fingerprint density at radius 2 is 1.79 bits per heavy atom. The summed E-state index contributed by atoms with van der Waals surface area (Å²) in [5.74, 6) is 0.535. The summed E-state index contributed by atoms with van der Waals surface area (Å²) in [6.45, 7) is 0. The van der Waals surface area contributed by atoms with E-state index in [0.717, 1.165) is 29.1 Å². The first-order valence-electron chi connectivity index (χ1n) is 8.34. The van der Waals surface area contributed by atoms with Crippen LogP contribution in [-0.4, -0.2) is 23.9 Å². The van der Waals surface area contributed by atoms with E-state index in [1.54, 1.807) is 6.20 Å². The van der Waals surface area contributed by atoms with Crippen molar-refractivity contribution in [2.75, 3.05) is 4.72 Å². The van der Waals surface area contributed by atoms with Gasteiger partial charge in [-0.1, -0.05) is 12.1 Å². The van der Waals surface area contributed by atoms with Crippen LogP contribution >= 0.6 is 11.3 Å². The third-order valence-electron chi connectivity index (χ3n) is 4.27. The summed E-state index contributed by atoms with van der Waals surface area (Å²) in [5.41, 5.74) is -2.15. The lowest BCUT2D eigenvalue weighted by molar-refractivity contribution is -0.0429. The summed E-state index contributed by atoms with van der Waals surface area (Å²) in [6.07, 6.45) is 4.08. The first-order valence-corrected chi connectivity index (χ1v) is 10.7. The Labute approximate surface area is 163 Å². The van der Waals surface area contributed by atoms with Crippen LogP contribution in [0.2, 0.25) is 0 Å². The van der Waals surface area contributed by atoms with Crippen LogP contribution in [0.3, 0.4) is 0 Å².